The summed E-state index contributed by atoms with van der Waals surface area (Å²) in [4.78, 5) is 27.2. The van der Waals surface area contributed by atoms with Crippen LogP contribution in [0.2, 0.25) is 0 Å². The molecular formula is C38H55NO4. The zero-order valence-electron chi connectivity index (χ0n) is 27.1. The van der Waals surface area contributed by atoms with Crippen LogP contribution in [-0.4, -0.2) is 19.1 Å². The van der Waals surface area contributed by atoms with Crippen LogP contribution < -0.4 is 10.5 Å². The number of hydrogen-bond donors (Lipinski definition) is 0. The van der Waals surface area contributed by atoms with E-state index in [0.29, 0.717) is 17.6 Å². The van der Waals surface area contributed by atoms with Crippen molar-refractivity contribution in [3.63, 3.8) is 0 Å². The Morgan fingerprint density at radius 1 is 0.698 bits per heavy atom. The number of rotatable bonds is 22. The summed E-state index contributed by atoms with van der Waals surface area (Å²) in [5, 5.41) is 0.891. The fraction of sp³-hybridized carbons (Fsp3) is 0.579. The molecule has 0 fully saturated rings. The third kappa shape index (κ3) is 12.2. The van der Waals surface area contributed by atoms with Crippen molar-refractivity contribution in [2.75, 3.05) is 18.0 Å². The first-order valence-corrected chi connectivity index (χ1v) is 17.1. The van der Waals surface area contributed by atoms with E-state index in [0.717, 1.165) is 48.1 Å². The van der Waals surface area contributed by atoms with Gasteiger partial charge in [0, 0.05) is 36.7 Å². The largest absolute Gasteiger partial charge is 0.461 e. The molecule has 1 heterocycles. The van der Waals surface area contributed by atoms with E-state index in [1.807, 2.05) is 42.5 Å². The number of unbranched alkanes of at least 4 members (excludes halogenated alkanes) is 14. The lowest BCUT2D eigenvalue weighted by atomic mass is 10.0. The van der Waals surface area contributed by atoms with Gasteiger partial charge in [0.05, 0.1) is 5.56 Å². The van der Waals surface area contributed by atoms with Crippen LogP contribution in [0.1, 0.15) is 129 Å². The number of carbonyl (C=O) groups excluding carboxylic acids is 1. The molecule has 1 aromatic heterocycles. The van der Waals surface area contributed by atoms with Crippen molar-refractivity contribution in [3.8, 4) is 11.1 Å². The van der Waals surface area contributed by atoms with Gasteiger partial charge in [-0.3, -0.25) is 4.79 Å². The van der Waals surface area contributed by atoms with E-state index < -0.39 is 0 Å². The molecule has 3 aromatic rings. The molecule has 0 spiro atoms. The first kappa shape index (κ1) is 34.4. The van der Waals surface area contributed by atoms with Crippen LogP contribution in [0.4, 0.5) is 5.69 Å². The average Bonchev–Trinajstić information content (AvgIpc) is 3.02. The van der Waals surface area contributed by atoms with Gasteiger partial charge in [-0.25, -0.2) is 4.79 Å². The van der Waals surface area contributed by atoms with Gasteiger partial charge < -0.3 is 14.1 Å². The summed E-state index contributed by atoms with van der Waals surface area (Å²) in [7, 11) is 0. The Kier molecular flexibility index (Phi) is 16.0. The zero-order chi connectivity index (χ0) is 30.7. The van der Waals surface area contributed by atoms with Crippen molar-refractivity contribution < 1.29 is 13.9 Å². The zero-order valence-corrected chi connectivity index (χ0v) is 27.1. The van der Waals surface area contributed by atoms with E-state index in [2.05, 4.69) is 31.7 Å². The van der Waals surface area contributed by atoms with Gasteiger partial charge in [0.25, 0.3) is 0 Å². The summed E-state index contributed by atoms with van der Waals surface area (Å²) in [6.07, 6.45) is 20.1. The lowest BCUT2D eigenvalue weighted by Gasteiger charge is -2.21. The van der Waals surface area contributed by atoms with Crippen LogP contribution in [0.5, 0.6) is 0 Å². The Morgan fingerprint density at radius 2 is 1.26 bits per heavy atom. The lowest BCUT2D eigenvalue weighted by Crippen LogP contribution is -2.21. The molecule has 0 saturated heterocycles. The molecule has 0 bridgehead atoms. The standard InChI is InChI=1S/C38H55NO4/c1-4-7-8-9-10-11-12-13-14-15-16-17-18-19-20-21-37(40)42-30-31-22-24-32(25-23-31)35-28-33-26-27-34(39(5-2)6-3)29-36(33)43-38(35)41/h22-29H,4-21,30H2,1-3H3. The molecule has 236 valence electrons. The topological polar surface area (TPSA) is 59.8 Å². The van der Waals surface area contributed by atoms with Gasteiger partial charge in [0.15, 0.2) is 0 Å². The van der Waals surface area contributed by atoms with Gasteiger partial charge in [-0.05, 0) is 49.6 Å². The third-order valence-electron chi connectivity index (χ3n) is 8.50. The molecule has 0 atom stereocenters. The highest BCUT2D eigenvalue weighted by molar-refractivity contribution is 5.84. The molecule has 0 saturated carbocycles. The number of fused-ring (bicyclic) bond motifs is 1. The normalized spacial score (nSPS) is 11.2. The number of carbonyl (C=O) groups is 1. The first-order valence-electron chi connectivity index (χ1n) is 17.1. The summed E-state index contributed by atoms with van der Waals surface area (Å²) in [5.41, 5.74) is 3.51. The second-order valence-electron chi connectivity index (χ2n) is 11.9. The second-order valence-corrected chi connectivity index (χ2v) is 11.9. The second kappa shape index (κ2) is 20.0. The van der Waals surface area contributed by atoms with Crippen molar-refractivity contribution in [1.82, 2.24) is 0 Å². The highest BCUT2D eigenvalue weighted by atomic mass is 16.5. The molecule has 0 unspecified atom stereocenters. The monoisotopic (exact) mass is 589 g/mol. The molecule has 5 heteroatoms. The molecule has 0 N–H and O–H groups in total. The summed E-state index contributed by atoms with van der Waals surface area (Å²) >= 11 is 0. The summed E-state index contributed by atoms with van der Waals surface area (Å²) < 4.78 is 11.2. The van der Waals surface area contributed by atoms with Gasteiger partial charge in [-0.15, -0.1) is 0 Å². The fourth-order valence-electron chi connectivity index (χ4n) is 5.74. The van der Waals surface area contributed by atoms with Crippen LogP contribution in [0.15, 0.2) is 57.7 Å². The minimum atomic E-state index is -0.355. The van der Waals surface area contributed by atoms with Crippen molar-refractivity contribution in [1.29, 1.82) is 0 Å². The fourth-order valence-corrected chi connectivity index (χ4v) is 5.74. The van der Waals surface area contributed by atoms with Crippen molar-refractivity contribution in [3.05, 3.63) is 64.5 Å². The van der Waals surface area contributed by atoms with Crippen LogP contribution in [0, 0.1) is 0 Å². The highest BCUT2D eigenvalue weighted by Crippen LogP contribution is 2.25. The maximum absolute atomic E-state index is 12.8. The Balaban J connectivity index is 1.29. The van der Waals surface area contributed by atoms with Gasteiger partial charge in [-0.2, -0.15) is 0 Å². The molecule has 3 rings (SSSR count). The van der Waals surface area contributed by atoms with Gasteiger partial charge >= 0.3 is 11.6 Å². The molecule has 0 aliphatic heterocycles. The van der Waals surface area contributed by atoms with E-state index in [-0.39, 0.29) is 18.2 Å². The highest BCUT2D eigenvalue weighted by Gasteiger charge is 2.11. The number of esters is 1. The van der Waals surface area contributed by atoms with E-state index in [1.54, 1.807) is 0 Å². The SMILES string of the molecule is CCCCCCCCCCCCCCCCCC(=O)OCc1ccc(-c2cc3ccc(N(CC)CC)cc3oc2=O)cc1. The van der Waals surface area contributed by atoms with Crippen LogP contribution in [0.25, 0.3) is 22.1 Å². The Labute approximate surface area is 260 Å². The number of ether oxygens (including phenoxy) is 1. The lowest BCUT2D eigenvalue weighted by molar-refractivity contribution is -0.145. The van der Waals surface area contributed by atoms with E-state index in [1.165, 1.54) is 83.5 Å². The Hall–Kier alpha value is -3.08. The van der Waals surface area contributed by atoms with Gasteiger partial charge in [0.1, 0.15) is 12.2 Å². The number of anilines is 1. The molecule has 0 amide bonds. The predicted molar refractivity (Wildman–Crippen MR) is 181 cm³/mol. The van der Waals surface area contributed by atoms with E-state index >= 15 is 0 Å². The molecule has 0 aliphatic carbocycles. The molecule has 5 nitrogen and oxygen atoms in total. The molecule has 0 radical (unpaired) electrons. The molecule has 43 heavy (non-hydrogen) atoms. The minimum absolute atomic E-state index is 0.141. The maximum atomic E-state index is 12.8. The Morgan fingerprint density at radius 3 is 1.81 bits per heavy atom. The van der Waals surface area contributed by atoms with Gasteiger partial charge in [0.2, 0.25) is 0 Å². The first-order chi connectivity index (χ1) is 21.0. The van der Waals surface area contributed by atoms with Gasteiger partial charge in [-0.1, -0.05) is 121 Å². The molecule has 2 aromatic carbocycles. The number of hydrogen-bond acceptors (Lipinski definition) is 5. The molecule has 0 aliphatic rings. The molecular weight excluding hydrogens is 534 g/mol. The van der Waals surface area contributed by atoms with E-state index in [9.17, 15) is 9.59 Å². The van der Waals surface area contributed by atoms with Crippen molar-refractivity contribution in [2.45, 2.75) is 130 Å². The summed E-state index contributed by atoms with van der Waals surface area (Å²) in [6.45, 7) is 8.53. The van der Waals surface area contributed by atoms with E-state index in [4.69, 9.17) is 9.15 Å². The predicted octanol–water partition coefficient (Wildman–Crippen LogP) is 10.6. The summed E-state index contributed by atoms with van der Waals surface area (Å²) in [5.74, 6) is -0.141. The quantitative estimate of drug-likeness (QED) is 0.0663. The number of benzene rings is 2. The van der Waals surface area contributed by atoms with Crippen LogP contribution in [-0.2, 0) is 16.1 Å². The van der Waals surface area contributed by atoms with Crippen molar-refractivity contribution in [2.24, 2.45) is 0 Å². The van der Waals surface area contributed by atoms with Crippen LogP contribution in [0.3, 0.4) is 0 Å². The minimum Gasteiger partial charge on any atom is -0.461 e. The van der Waals surface area contributed by atoms with Crippen molar-refractivity contribution >= 4 is 22.6 Å². The average molecular weight is 590 g/mol. The van der Waals surface area contributed by atoms with Crippen LogP contribution >= 0.6 is 0 Å². The maximum Gasteiger partial charge on any atom is 0.344 e. The summed E-state index contributed by atoms with van der Waals surface area (Å²) in [6, 6.07) is 15.5. The number of nitrogens with zero attached hydrogens (tertiary/aromatic N) is 1. The Bertz CT molecular complexity index is 1260. The third-order valence-corrected chi connectivity index (χ3v) is 8.50. The smallest absolute Gasteiger partial charge is 0.344 e.